The highest BCUT2D eigenvalue weighted by Gasteiger charge is 2.11. The van der Waals surface area contributed by atoms with E-state index in [0.29, 0.717) is 5.46 Å². The molecule has 0 bridgehead atoms. The predicted octanol–water partition coefficient (Wildman–Crippen LogP) is 0.455. The molecule has 0 aliphatic carbocycles. The molecule has 0 spiro atoms. The van der Waals surface area contributed by atoms with Crippen molar-refractivity contribution in [3.05, 3.63) is 46.4 Å². The molecule has 1 aromatic carbocycles. The number of hydrogen-bond donors (Lipinski definition) is 2. The standard InChI is InChI=1S/C12H15BN2O2S/c1-15(7-12-8-18-9-14-12)6-10-3-2-4-11(5-10)13(16)17/h2-5,8-9,16-17H,6-7H2,1H3. The normalized spacial score (nSPS) is 10.9. The molecule has 0 aliphatic rings. The highest BCUT2D eigenvalue weighted by atomic mass is 32.1. The number of hydrogen-bond acceptors (Lipinski definition) is 5. The van der Waals surface area contributed by atoms with Crippen LogP contribution in [0.5, 0.6) is 0 Å². The van der Waals surface area contributed by atoms with Crippen molar-refractivity contribution in [1.29, 1.82) is 0 Å². The van der Waals surface area contributed by atoms with E-state index in [1.807, 2.05) is 36.1 Å². The molecule has 0 aliphatic heterocycles. The van der Waals surface area contributed by atoms with Gasteiger partial charge in [-0.2, -0.15) is 0 Å². The lowest BCUT2D eigenvalue weighted by Crippen LogP contribution is -2.30. The van der Waals surface area contributed by atoms with E-state index in [9.17, 15) is 0 Å². The van der Waals surface area contributed by atoms with Crippen LogP contribution in [0.2, 0.25) is 0 Å². The molecule has 0 unspecified atom stereocenters. The SMILES string of the molecule is CN(Cc1cccc(B(O)O)c1)Cc1cscn1. The van der Waals surface area contributed by atoms with Crippen LogP contribution in [0.25, 0.3) is 0 Å². The molecule has 2 rings (SSSR count). The van der Waals surface area contributed by atoms with E-state index >= 15 is 0 Å². The molecule has 4 nitrogen and oxygen atoms in total. The summed E-state index contributed by atoms with van der Waals surface area (Å²) in [5.41, 5.74) is 4.46. The Hall–Kier alpha value is -1.21. The highest BCUT2D eigenvalue weighted by Crippen LogP contribution is 2.07. The van der Waals surface area contributed by atoms with E-state index < -0.39 is 7.12 Å². The van der Waals surface area contributed by atoms with Gasteiger partial charge >= 0.3 is 7.12 Å². The van der Waals surface area contributed by atoms with E-state index in [1.54, 1.807) is 17.4 Å². The maximum atomic E-state index is 9.12. The summed E-state index contributed by atoms with van der Waals surface area (Å²) in [5, 5.41) is 20.3. The van der Waals surface area contributed by atoms with Crippen LogP contribution in [0.15, 0.2) is 35.2 Å². The molecular weight excluding hydrogens is 247 g/mol. The summed E-state index contributed by atoms with van der Waals surface area (Å²) in [6, 6.07) is 7.32. The van der Waals surface area contributed by atoms with Crippen molar-refractivity contribution in [3.8, 4) is 0 Å². The quantitative estimate of drug-likeness (QED) is 0.768. The van der Waals surface area contributed by atoms with Gasteiger partial charge in [0.15, 0.2) is 0 Å². The van der Waals surface area contributed by atoms with E-state index in [1.165, 1.54) is 0 Å². The summed E-state index contributed by atoms with van der Waals surface area (Å²) in [6.07, 6.45) is 0. The Balaban J connectivity index is 1.98. The van der Waals surface area contributed by atoms with Crippen LogP contribution in [-0.2, 0) is 13.1 Å². The van der Waals surface area contributed by atoms with Crippen LogP contribution in [0, 0.1) is 0 Å². The van der Waals surface area contributed by atoms with Crippen LogP contribution in [0.4, 0.5) is 0 Å². The third-order valence-electron chi connectivity index (χ3n) is 2.62. The molecule has 0 fully saturated rings. The Labute approximate surface area is 111 Å². The third-order valence-corrected chi connectivity index (χ3v) is 3.25. The fraction of sp³-hybridized carbons (Fsp3) is 0.250. The number of thiazole rings is 1. The Morgan fingerprint density at radius 2 is 2.17 bits per heavy atom. The average Bonchev–Trinajstić information content (AvgIpc) is 2.82. The zero-order chi connectivity index (χ0) is 13.0. The van der Waals surface area contributed by atoms with Crippen molar-refractivity contribution in [1.82, 2.24) is 9.88 Å². The Bertz CT molecular complexity index is 491. The van der Waals surface area contributed by atoms with Crippen molar-refractivity contribution in [2.24, 2.45) is 0 Å². The minimum Gasteiger partial charge on any atom is -0.423 e. The smallest absolute Gasteiger partial charge is 0.423 e. The zero-order valence-corrected chi connectivity index (χ0v) is 11.0. The summed E-state index contributed by atoms with van der Waals surface area (Å²) in [4.78, 5) is 6.38. The molecule has 0 amide bonds. The maximum Gasteiger partial charge on any atom is 0.488 e. The molecule has 2 N–H and O–H groups in total. The van der Waals surface area contributed by atoms with Gasteiger partial charge in [0.2, 0.25) is 0 Å². The first kappa shape index (κ1) is 13.2. The van der Waals surface area contributed by atoms with Gasteiger partial charge in [0, 0.05) is 18.5 Å². The van der Waals surface area contributed by atoms with Crippen molar-refractivity contribution in [2.75, 3.05) is 7.05 Å². The Morgan fingerprint density at radius 3 is 2.83 bits per heavy atom. The van der Waals surface area contributed by atoms with Gasteiger partial charge in [-0.05, 0) is 18.1 Å². The molecule has 0 radical (unpaired) electrons. The van der Waals surface area contributed by atoms with Crippen LogP contribution in [-0.4, -0.2) is 34.1 Å². The zero-order valence-electron chi connectivity index (χ0n) is 10.2. The molecule has 0 saturated carbocycles. The van der Waals surface area contributed by atoms with Gasteiger partial charge in [-0.25, -0.2) is 4.98 Å². The van der Waals surface area contributed by atoms with Gasteiger partial charge in [-0.1, -0.05) is 24.3 Å². The fourth-order valence-electron chi connectivity index (χ4n) is 1.81. The van der Waals surface area contributed by atoms with Gasteiger partial charge in [-0.3, -0.25) is 4.90 Å². The predicted molar refractivity (Wildman–Crippen MR) is 73.6 cm³/mol. The largest absolute Gasteiger partial charge is 0.488 e. The Morgan fingerprint density at radius 1 is 1.33 bits per heavy atom. The second-order valence-corrected chi connectivity index (χ2v) is 4.99. The summed E-state index contributed by atoms with van der Waals surface area (Å²) in [5.74, 6) is 0. The summed E-state index contributed by atoms with van der Waals surface area (Å²) < 4.78 is 0. The van der Waals surface area contributed by atoms with Crippen molar-refractivity contribution in [2.45, 2.75) is 13.1 Å². The Kier molecular flexibility index (Phi) is 4.49. The minimum absolute atomic E-state index is 0.523. The fourth-order valence-corrected chi connectivity index (χ4v) is 2.36. The minimum atomic E-state index is -1.41. The average molecular weight is 262 g/mol. The van der Waals surface area contributed by atoms with Crippen LogP contribution in [0.3, 0.4) is 0 Å². The van der Waals surface area contributed by atoms with Crippen LogP contribution in [0.1, 0.15) is 11.3 Å². The second kappa shape index (κ2) is 6.11. The van der Waals surface area contributed by atoms with Crippen molar-refractivity contribution in [3.63, 3.8) is 0 Å². The topological polar surface area (TPSA) is 56.6 Å². The number of benzene rings is 1. The molecule has 18 heavy (non-hydrogen) atoms. The third kappa shape index (κ3) is 3.64. The lowest BCUT2D eigenvalue weighted by Gasteiger charge is -2.15. The van der Waals surface area contributed by atoms with Crippen LogP contribution < -0.4 is 5.46 Å². The molecule has 94 valence electrons. The second-order valence-electron chi connectivity index (χ2n) is 4.27. The van der Waals surface area contributed by atoms with Crippen molar-refractivity contribution < 1.29 is 10.0 Å². The molecule has 0 saturated heterocycles. The molecular formula is C12H15BN2O2S. The number of rotatable bonds is 5. The van der Waals surface area contributed by atoms with Gasteiger partial charge < -0.3 is 10.0 Å². The molecule has 2 aromatic rings. The van der Waals surface area contributed by atoms with Crippen molar-refractivity contribution >= 4 is 23.9 Å². The van der Waals surface area contributed by atoms with E-state index in [4.69, 9.17) is 10.0 Å². The highest BCUT2D eigenvalue weighted by molar-refractivity contribution is 7.07. The van der Waals surface area contributed by atoms with E-state index in [-0.39, 0.29) is 0 Å². The molecule has 1 heterocycles. The van der Waals surface area contributed by atoms with Gasteiger partial charge in [0.1, 0.15) is 0 Å². The summed E-state index contributed by atoms with van der Waals surface area (Å²) in [7, 11) is 0.607. The van der Waals surface area contributed by atoms with Gasteiger partial charge in [0.25, 0.3) is 0 Å². The first-order valence-electron chi connectivity index (χ1n) is 5.66. The lowest BCUT2D eigenvalue weighted by molar-refractivity contribution is 0.316. The maximum absolute atomic E-state index is 9.12. The summed E-state index contributed by atoms with van der Waals surface area (Å²) >= 11 is 1.59. The van der Waals surface area contributed by atoms with Gasteiger partial charge in [-0.15, -0.1) is 11.3 Å². The molecule has 1 aromatic heterocycles. The molecule has 0 atom stereocenters. The van der Waals surface area contributed by atoms with Gasteiger partial charge in [0.05, 0.1) is 11.2 Å². The number of aromatic nitrogens is 1. The van der Waals surface area contributed by atoms with E-state index in [0.717, 1.165) is 24.3 Å². The monoisotopic (exact) mass is 262 g/mol. The number of nitrogens with zero attached hydrogens (tertiary/aromatic N) is 2. The van der Waals surface area contributed by atoms with E-state index in [2.05, 4.69) is 9.88 Å². The summed E-state index contributed by atoms with van der Waals surface area (Å²) in [6.45, 7) is 1.54. The first-order valence-corrected chi connectivity index (χ1v) is 6.60. The van der Waals surface area contributed by atoms with Crippen LogP contribution >= 0.6 is 11.3 Å². The first-order chi connectivity index (χ1) is 8.65. The molecule has 6 heteroatoms. The lowest BCUT2D eigenvalue weighted by atomic mass is 9.79.